The van der Waals surface area contributed by atoms with Crippen LogP contribution in [0.2, 0.25) is 0 Å². The molecule has 0 saturated heterocycles. The van der Waals surface area contributed by atoms with Gasteiger partial charge in [-0.05, 0) is 12.2 Å². The number of aliphatic imine (C=N–C) groups is 1. The van der Waals surface area contributed by atoms with Gasteiger partial charge < -0.3 is 4.90 Å². The minimum atomic E-state index is -0.0232. The van der Waals surface area contributed by atoms with Gasteiger partial charge in [-0.2, -0.15) is 5.10 Å². The van der Waals surface area contributed by atoms with Gasteiger partial charge in [0.1, 0.15) is 17.7 Å². The van der Waals surface area contributed by atoms with E-state index in [0.717, 1.165) is 11.7 Å². The summed E-state index contributed by atoms with van der Waals surface area (Å²) in [5.74, 6) is 4.43. The highest BCUT2D eigenvalue weighted by Crippen LogP contribution is 2.15. The summed E-state index contributed by atoms with van der Waals surface area (Å²) in [6.07, 6.45) is 9.27. The van der Waals surface area contributed by atoms with Crippen LogP contribution in [-0.4, -0.2) is 48.3 Å². The highest BCUT2D eigenvalue weighted by atomic mass is 15.5. The van der Waals surface area contributed by atoms with E-state index in [4.69, 9.17) is 6.42 Å². The lowest BCUT2D eigenvalue weighted by Gasteiger charge is -2.24. The second-order valence-electron chi connectivity index (χ2n) is 3.41. The Bertz CT molecular complexity index is 370. The van der Waals surface area contributed by atoms with Crippen molar-refractivity contribution in [2.24, 2.45) is 10.1 Å². The molecular weight excluding hydrogens is 176 g/mol. The lowest BCUT2D eigenvalue weighted by Crippen LogP contribution is -2.36. The molecule has 0 radical (unpaired) electrons. The van der Waals surface area contributed by atoms with Gasteiger partial charge in [-0.1, -0.05) is 5.92 Å². The van der Waals surface area contributed by atoms with Crippen LogP contribution in [0.4, 0.5) is 0 Å². The number of hydrogen-bond acceptors (Lipinski definition) is 4. The van der Waals surface area contributed by atoms with Gasteiger partial charge in [-0.25, -0.2) is 5.01 Å². The highest BCUT2D eigenvalue weighted by Gasteiger charge is 2.27. The zero-order valence-corrected chi connectivity index (χ0v) is 8.31. The molecule has 2 aliphatic heterocycles. The van der Waals surface area contributed by atoms with E-state index >= 15 is 0 Å². The Hall–Kier alpha value is -1.76. The Morgan fingerprint density at radius 1 is 1.57 bits per heavy atom. The Balaban J connectivity index is 2.28. The van der Waals surface area contributed by atoms with E-state index in [-0.39, 0.29) is 6.04 Å². The molecule has 1 atom stereocenters. The fourth-order valence-corrected chi connectivity index (χ4v) is 1.39. The summed E-state index contributed by atoms with van der Waals surface area (Å²) in [6, 6.07) is -0.0232. The third-order valence-electron chi connectivity index (χ3n) is 2.20. The van der Waals surface area contributed by atoms with Crippen molar-refractivity contribution in [2.75, 3.05) is 20.6 Å². The number of likely N-dealkylation sites (N-methyl/N-ethyl adjacent to an activating group) is 1. The molecular formula is C10H12N4. The summed E-state index contributed by atoms with van der Waals surface area (Å²) in [5.41, 5.74) is 0. The number of amidine groups is 2. The molecule has 2 aliphatic rings. The molecule has 0 spiro atoms. The molecule has 1 unspecified atom stereocenters. The Morgan fingerprint density at radius 2 is 2.36 bits per heavy atom. The van der Waals surface area contributed by atoms with Crippen LogP contribution in [0.1, 0.15) is 0 Å². The van der Waals surface area contributed by atoms with E-state index < -0.39 is 0 Å². The second-order valence-corrected chi connectivity index (χ2v) is 3.41. The maximum absolute atomic E-state index is 5.39. The average Bonchev–Trinajstić information content (AvgIpc) is 2.59. The van der Waals surface area contributed by atoms with E-state index in [1.54, 1.807) is 5.01 Å². The summed E-state index contributed by atoms with van der Waals surface area (Å²) in [5, 5.41) is 6.21. The summed E-state index contributed by atoms with van der Waals surface area (Å²) in [6.45, 7) is 0.639. The van der Waals surface area contributed by atoms with Crippen LogP contribution in [0, 0.1) is 12.3 Å². The fourth-order valence-electron chi connectivity index (χ4n) is 1.39. The molecule has 2 heterocycles. The molecule has 2 rings (SSSR count). The van der Waals surface area contributed by atoms with Gasteiger partial charge in [0, 0.05) is 14.1 Å². The van der Waals surface area contributed by atoms with Gasteiger partial charge in [0.25, 0.3) is 0 Å². The molecule has 0 saturated carbocycles. The van der Waals surface area contributed by atoms with Gasteiger partial charge >= 0.3 is 0 Å². The smallest absolute Gasteiger partial charge is 0.148 e. The van der Waals surface area contributed by atoms with Crippen LogP contribution in [-0.2, 0) is 0 Å². The molecule has 0 amide bonds. The Morgan fingerprint density at radius 3 is 3.00 bits per heavy atom. The minimum absolute atomic E-state index is 0.0232. The normalized spacial score (nSPS) is 23.8. The van der Waals surface area contributed by atoms with E-state index in [1.807, 2.05) is 31.1 Å². The predicted octanol–water partition coefficient (Wildman–Crippen LogP) is 0.147. The van der Waals surface area contributed by atoms with Crippen LogP contribution in [0.3, 0.4) is 0 Å². The number of nitrogens with zero attached hydrogens (tertiary/aromatic N) is 4. The van der Waals surface area contributed by atoms with E-state index in [2.05, 4.69) is 16.0 Å². The quantitative estimate of drug-likeness (QED) is 0.507. The van der Waals surface area contributed by atoms with Gasteiger partial charge in [-0.15, -0.1) is 6.42 Å². The van der Waals surface area contributed by atoms with E-state index in [0.29, 0.717) is 6.54 Å². The van der Waals surface area contributed by atoms with Crippen LogP contribution < -0.4 is 0 Å². The molecule has 4 nitrogen and oxygen atoms in total. The molecule has 0 aromatic heterocycles. The number of hydrogen-bond donors (Lipinski definition) is 0. The van der Waals surface area contributed by atoms with Gasteiger partial charge in [0.2, 0.25) is 0 Å². The zero-order valence-electron chi connectivity index (χ0n) is 8.31. The molecule has 72 valence electrons. The maximum Gasteiger partial charge on any atom is 0.148 e. The predicted molar refractivity (Wildman–Crippen MR) is 57.0 cm³/mol. The van der Waals surface area contributed by atoms with Crippen LogP contribution in [0.5, 0.6) is 0 Å². The SMILES string of the molecule is C#CC1CN=C2C=CC(N(C)C)=NN21. The molecule has 0 aromatic rings. The van der Waals surface area contributed by atoms with Crippen LogP contribution >= 0.6 is 0 Å². The summed E-state index contributed by atoms with van der Waals surface area (Å²) in [4.78, 5) is 6.24. The Labute approximate surface area is 83.6 Å². The van der Waals surface area contributed by atoms with Crippen molar-refractivity contribution in [1.82, 2.24) is 9.91 Å². The number of fused-ring (bicyclic) bond motifs is 1. The molecule has 0 aliphatic carbocycles. The van der Waals surface area contributed by atoms with Crippen molar-refractivity contribution >= 4 is 11.7 Å². The molecule has 4 heteroatoms. The second kappa shape index (κ2) is 3.18. The first-order chi connectivity index (χ1) is 6.72. The third kappa shape index (κ3) is 1.27. The number of rotatable bonds is 0. The van der Waals surface area contributed by atoms with Gasteiger partial charge in [0.15, 0.2) is 0 Å². The zero-order chi connectivity index (χ0) is 10.1. The number of hydrazone groups is 1. The van der Waals surface area contributed by atoms with Crippen molar-refractivity contribution in [3.05, 3.63) is 12.2 Å². The standard InChI is InChI=1S/C10H12N4/c1-4-8-7-11-9-5-6-10(13(2)3)12-14(8)9/h1,5-6,8H,7H2,2-3H3. The molecule has 14 heavy (non-hydrogen) atoms. The average molecular weight is 188 g/mol. The topological polar surface area (TPSA) is 31.2 Å². The highest BCUT2D eigenvalue weighted by molar-refractivity contribution is 6.05. The van der Waals surface area contributed by atoms with Crippen LogP contribution in [0.25, 0.3) is 0 Å². The molecule has 0 fully saturated rings. The summed E-state index contributed by atoms with van der Waals surface area (Å²) >= 11 is 0. The van der Waals surface area contributed by atoms with Gasteiger partial charge in [-0.3, -0.25) is 4.99 Å². The minimum Gasteiger partial charge on any atom is -0.361 e. The third-order valence-corrected chi connectivity index (χ3v) is 2.20. The Kier molecular flexibility index (Phi) is 2.01. The van der Waals surface area contributed by atoms with Crippen LogP contribution in [0.15, 0.2) is 22.2 Å². The van der Waals surface area contributed by atoms with Crippen molar-refractivity contribution in [3.8, 4) is 12.3 Å². The van der Waals surface area contributed by atoms with Crippen molar-refractivity contribution in [3.63, 3.8) is 0 Å². The number of terminal acetylenes is 1. The molecule has 0 aromatic carbocycles. The molecule has 0 N–H and O–H groups in total. The van der Waals surface area contributed by atoms with Crippen molar-refractivity contribution in [2.45, 2.75) is 6.04 Å². The summed E-state index contributed by atoms with van der Waals surface area (Å²) in [7, 11) is 3.90. The largest absolute Gasteiger partial charge is 0.361 e. The summed E-state index contributed by atoms with van der Waals surface area (Å²) < 4.78 is 0. The van der Waals surface area contributed by atoms with Crippen molar-refractivity contribution < 1.29 is 0 Å². The van der Waals surface area contributed by atoms with Gasteiger partial charge in [0.05, 0.1) is 6.54 Å². The first-order valence-electron chi connectivity index (χ1n) is 4.46. The van der Waals surface area contributed by atoms with Crippen molar-refractivity contribution in [1.29, 1.82) is 0 Å². The fraction of sp³-hybridized carbons (Fsp3) is 0.400. The monoisotopic (exact) mass is 188 g/mol. The van der Waals surface area contributed by atoms with E-state index in [1.165, 1.54) is 0 Å². The molecule has 0 bridgehead atoms. The first-order valence-corrected chi connectivity index (χ1v) is 4.46. The van der Waals surface area contributed by atoms with E-state index in [9.17, 15) is 0 Å². The lowest BCUT2D eigenvalue weighted by molar-refractivity contribution is 0.414. The first kappa shape index (κ1) is 8.82. The lowest BCUT2D eigenvalue weighted by atomic mass is 10.3. The maximum atomic E-state index is 5.39.